The Kier molecular flexibility index (Phi) is 3.58. The van der Waals surface area contributed by atoms with Crippen LogP contribution in [0.1, 0.15) is 43.1 Å². The number of aromatic nitrogens is 2. The van der Waals surface area contributed by atoms with Crippen LogP contribution in [0.3, 0.4) is 0 Å². The van der Waals surface area contributed by atoms with Crippen molar-refractivity contribution >= 4 is 11.6 Å². The van der Waals surface area contributed by atoms with E-state index in [0.29, 0.717) is 12.0 Å². The molecule has 2 aromatic rings. The fourth-order valence-corrected chi connectivity index (χ4v) is 2.93. The Morgan fingerprint density at radius 2 is 2.26 bits per heavy atom. The standard InChI is InChI=1S/C15H18ClN3/c1-10(15-17-5-6-18-15)19-14-8-12(9-14)11-3-2-4-13(16)7-11/h2-7,10,12,14,19H,8-9H2,1H3,(H,17,18). The number of H-pyrrole nitrogens is 1. The number of halogens is 1. The normalized spacial score (nSPS) is 23.9. The Morgan fingerprint density at radius 3 is 2.95 bits per heavy atom. The molecule has 1 saturated carbocycles. The molecule has 1 aliphatic rings. The van der Waals surface area contributed by atoms with Crippen molar-refractivity contribution in [2.45, 2.75) is 37.8 Å². The molecule has 0 aliphatic heterocycles. The van der Waals surface area contributed by atoms with Crippen LogP contribution < -0.4 is 5.32 Å². The van der Waals surface area contributed by atoms with Crippen molar-refractivity contribution in [2.75, 3.05) is 0 Å². The average Bonchev–Trinajstić information content (AvgIpc) is 2.86. The van der Waals surface area contributed by atoms with Crippen molar-refractivity contribution in [3.63, 3.8) is 0 Å². The first-order valence-electron chi connectivity index (χ1n) is 6.73. The molecule has 1 atom stereocenters. The van der Waals surface area contributed by atoms with Crippen molar-refractivity contribution in [1.82, 2.24) is 15.3 Å². The van der Waals surface area contributed by atoms with Gasteiger partial charge >= 0.3 is 0 Å². The van der Waals surface area contributed by atoms with Gasteiger partial charge in [-0.2, -0.15) is 0 Å². The molecule has 2 N–H and O–H groups in total. The van der Waals surface area contributed by atoms with Gasteiger partial charge in [0, 0.05) is 23.5 Å². The second-order valence-electron chi connectivity index (χ2n) is 5.28. The third-order valence-electron chi connectivity index (χ3n) is 3.87. The minimum Gasteiger partial charge on any atom is -0.347 e. The van der Waals surface area contributed by atoms with Crippen molar-refractivity contribution in [3.8, 4) is 0 Å². The summed E-state index contributed by atoms with van der Waals surface area (Å²) in [6.45, 7) is 2.14. The predicted octanol–water partition coefficient (Wildman–Crippen LogP) is 3.66. The van der Waals surface area contributed by atoms with Crippen LogP contribution in [0.25, 0.3) is 0 Å². The zero-order chi connectivity index (χ0) is 13.2. The highest BCUT2D eigenvalue weighted by molar-refractivity contribution is 6.30. The van der Waals surface area contributed by atoms with E-state index in [-0.39, 0.29) is 6.04 Å². The lowest BCUT2D eigenvalue weighted by molar-refractivity contribution is 0.268. The van der Waals surface area contributed by atoms with Crippen LogP contribution in [0, 0.1) is 0 Å². The fraction of sp³-hybridized carbons (Fsp3) is 0.400. The van der Waals surface area contributed by atoms with E-state index in [4.69, 9.17) is 11.6 Å². The van der Waals surface area contributed by atoms with Crippen molar-refractivity contribution in [1.29, 1.82) is 0 Å². The van der Waals surface area contributed by atoms with E-state index < -0.39 is 0 Å². The molecule has 4 heteroatoms. The van der Waals surface area contributed by atoms with Crippen LogP contribution in [0.2, 0.25) is 5.02 Å². The van der Waals surface area contributed by atoms with Gasteiger partial charge in [0.1, 0.15) is 5.82 Å². The molecule has 0 amide bonds. The molecule has 1 aliphatic carbocycles. The van der Waals surface area contributed by atoms with E-state index in [1.165, 1.54) is 18.4 Å². The summed E-state index contributed by atoms with van der Waals surface area (Å²) in [6.07, 6.45) is 6.00. The average molecular weight is 276 g/mol. The molecule has 3 nitrogen and oxygen atoms in total. The van der Waals surface area contributed by atoms with Gasteiger partial charge in [-0.15, -0.1) is 0 Å². The molecule has 1 heterocycles. The lowest BCUT2D eigenvalue weighted by Gasteiger charge is -2.38. The SMILES string of the molecule is CC(NC1CC(c2cccc(Cl)c2)C1)c1ncc[nH]1. The van der Waals surface area contributed by atoms with E-state index in [2.05, 4.69) is 34.3 Å². The summed E-state index contributed by atoms with van der Waals surface area (Å²) in [5, 5.41) is 4.44. The van der Waals surface area contributed by atoms with Gasteiger partial charge in [-0.05, 0) is 43.4 Å². The monoisotopic (exact) mass is 275 g/mol. The molecule has 1 aromatic carbocycles. The molecule has 0 radical (unpaired) electrons. The summed E-state index contributed by atoms with van der Waals surface area (Å²) in [5.74, 6) is 1.64. The third-order valence-corrected chi connectivity index (χ3v) is 4.11. The van der Waals surface area contributed by atoms with Gasteiger partial charge in [0.25, 0.3) is 0 Å². The van der Waals surface area contributed by atoms with Gasteiger partial charge in [0.05, 0.1) is 6.04 Å². The highest BCUT2D eigenvalue weighted by Gasteiger charge is 2.31. The number of benzene rings is 1. The number of nitrogens with zero attached hydrogens (tertiary/aromatic N) is 1. The molecule has 0 saturated heterocycles. The molecular formula is C15H18ClN3. The molecule has 100 valence electrons. The maximum Gasteiger partial charge on any atom is 0.122 e. The van der Waals surface area contributed by atoms with Crippen molar-refractivity contribution < 1.29 is 0 Å². The van der Waals surface area contributed by atoms with E-state index in [1.807, 2.05) is 18.3 Å². The maximum atomic E-state index is 6.03. The molecule has 1 unspecified atom stereocenters. The molecular weight excluding hydrogens is 258 g/mol. The fourth-order valence-electron chi connectivity index (χ4n) is 2.73. The van der Waals surface area contributed by atoms with E-state index in [0.717, 1.165) is 10.8 Å². The quantitative estimate of drug-likeness (QED) is 0.894. The van der Waals surface area contributed by atoms with Crippen LogP contribution in [0.4, 0.5) is 0 Å². The largest absolute Gasteiger partial charge is 0.347 e. The number of rotatable bonds is 4. The van der Waals surface area contributed by atoms with Gasteiger partial charge in [-0.25, -0.2) is 4.98 Å². The van der Waals surface area contributed by atoms with E-state index in [1.54, 1.807) is 6.20 Å². The zero-order valence-corrected chi connectivity index (χ0v) is 11.7. The van der Waals surface area contributed by atoms with Crippen LogP contribution in [-0.4, -0.2) is 16.0 Å². The van der Waals surface area contributed by atoms with E-state index >= 15 is 0 Å². The van der Waals surface area contributed by atoms with Crippen molar-refractivity contribution in [3.05, 3.63) is 53.1 Å². The Balaban J connectivity index is 1.53. The highest BCUT2D eigenvalue weighted by Crippen LogP contribution is 2.38. The molecule has 1 aromatic heterocycles. The van der Waals surface area contributed by atoms with Gasteiger partial charge in [-0.3, -0.25) is 0 Å². The first-order chi connectivity index (χ1) is 9.22. The molecule has 1 fully saturated rings. The first kappa shape index (κ1) is 12.7. The Bertz CT molecular complexity index is 532. The number of imidazole rings is 1. The first-order valence-corrected chi connectivity index (χ1v) is 7.11. The Morgan fingerprint density at radius 1 is 1.42 bits per heavy atom. The lowest BCUT2D eigenvalue weighted by atomic mass is 9.75. The summed E-state index contributed by atoms with van der Waals surface area (Å²) in [4.78, 5) is 7.43. The minimum atomic E-state index is 0.278. The number of nitrogens with one attached hydrogen (secondary N) is 2. The maximum absolute atomic E-state index is 6.03. The number of hydrogen-bond donors (Lipinski definition) is 2. The second kappa shape index (κ2) is 5.35. The van der Waals surface area contributed by atoms with Crippen LogP contribution >= 0.6 is 11.6 Å². The number of hydrogen-bond acceptors (Lipinski definition) is 2. The summed E-state index contributed by atoms with van der Waals surface area (Å²) >= 11 is 6.03. The molecule has 0 bridgehead atoms. The van der Waals surface area contributed by atoms with Gasteiger partial charge in [-0.1, -0.05) is 23.7 Å². The lowest BCUT2D eigenvalue weighted by Crippen LogP contribution is -2.41. The predicted molar refractivity (Wildman–Crippen MR) is 77.4 cm³/mol. The topological polar surface area (TPSA) is 40.7 Å². The second-order valence-corrected chi connectivity index (χ2v) is 5.72. The summed E-state index contributed by atoms with van der Waals surface area (Å²) in [6, 6.07) is 9.06. The van der Waals surface area contributed by atoms with Gasteiger partial charge < -0.3 is 10.3 Å². The summed E-state index contributed by atoms with van der Waals surface area (Å²) in [7, 11) is 0. The Hall–Kier alpha value is -1.32. The van der Waals surface area contributed by atoms with Crippen molar-refractivity contribution in [2.24, 2.45) is 0 Å². The molecule has 3 rings (SSSR count). The Labute approximate surface area is 118 Å². The van der Waals surface area contributed by atoms with Crippen LogP contribution in [0.5, 0.6) is 0 Å². The summed E-state index contributed by atoms with van der Waals surface area (Å²) in [5.41, 5.74) is 1.36. The van der Waals surface area contributed by atoms with Gasteiger partial charge in [0.15, 0.2) is 0 Å². The molecule has 19 heavy (non-hydrogen) atoms. The minimum absolute atomic E-state index is 0.278. The number of aromatic amines is 1. The highest BCUT2D eigenvalue weighted by atomic mass is 35.5. The zero-order valence-electron chi connectivity index (χ0n) is 10.9. The molecule has 0 spiro atoms. The smallest absolute Gasteiger partial charge is 0.122 e. The van der Waals surface area contributed by atoms with Gasteiger partial charge in [0.2, 0.25) is 0 Å². The van der Waals surface area contributed by atoms with E-state index in [9.17, 15) is 0 Å². The van der Waals surface area contributed by atoms with Crippen LogP contribution in [0.15, 0.2) is 36.7 Å². The van der Waals surface area contributed by atoms with Crippen LogP contribution in [-0.2, 0) is 0 Å². The third kappa shape index (κ3) is 2.82. The summed E-state index contributed by atoms with van der Waals surface area (Å²) < 4.78 is 0.